The van der Waals surface area contributed by atoms with Crippen LogP contribution in [0.25, 0.3) is 0 Å². The zero-order valence-electron chi connectivity index (χ0n) is 31.7. The van der Waals surface area contributed by atoms with Gasteiger partial charge in [-0.25, -0.2) is 0 Å². The molecule has 0 radical (unpaired) electrons. The van der Waals surface area contributed by atoms with E-state index in [1.807, 2.05) is 61.5 Å². The predicted molar refractivity (Wildman–Crippen MR) is 205 cm³/mol. The second-order valence-corrected chi connectivity index (χ2v) is 14.3. The predicted octanol–water partition coefficient (Wildman–Crippen LogP) is 5.30. The topological polar surface area (TPSA) is 120 Å². The number of rotatable bonds is 19. The number of fused-ring (bicyclic) bond motifs is 1. The number of carbonyl (C=O) groups is 4. The first-order valence-electron chi connectivity index (χ1n) is 19.1. The fourth-order valence-corrected chi connectivity index (χ4v) is 8.49. The SMILES string of the molecule is C=CCCC(=O)N(C)[C@H](C)[C@H](OC(=O)[C@@H]1[C@@H]2CC[C@]3(O2)[C@H](C(=O)N(CC=C)c2ccc(N(CC)CC)cc2)N(CCCCO)C(=O)[C@@H]13)c1ccccc1. The van der Waals surface area contributed by atoms with Gasteiger partial charge in [-0.2, -0.15) is 0 Å². The van der Waals surface area contributed by atoms with Crippen molar-refractivity contribution >= 4 is 35.1 Å². The van der Waals surface area contributed by atoms with Gasteiger partial charge in [0.2, 0.25) is 11.8 Å². The van der Waals surface area contributed by atoms with Crippen LogP contribution in [0.15, 0.2) is 79.9 Å². The molecular formula is C42H56N4O7. The van der Waals surface area contributed by atoms with E-state index in [1.165, 1.54) is 0 Å². The maximum atomic E-state index is 14.9. The molecule has 0 unspecified atom stereocenters. The Bertz CT molecular complexity index is 1610. The minimum atomic E-state index is -1.23. The highest BCUT2D eigenvalue weighted by atomic mass is 16.6. The van der Waals surface area contributed by atoms with Crippen molar-refractivity contribution in [2.45, 2.75) is 89.2 Å². The van der Waals surface area contributed by atoms with Gasteiger partial charge in [-0.1, -0.05) is 42.5 Å². The molecule has 3 aliphatic rings. The highest BCUT2D eigenvalue weighted by Gasteiger charge is 2.75. The largest absolute Gasteiger partial charge is 0.455 e. The van der Waals surface area contributed by atoms with Gasteiger partial charge in [-0.3, -0.25) is 19.2 Å². The lowest BCUT2D eigenvalue weighted by atomic mass is 9.70. The van der Waals surface area contributed by atoms with Crippen LogP contribution in [0.1, 0.15) is 71.0 Å². The number of ether oxygens (including phenoxy) is 2. The molecule has 3 fully saturated rings. The average molecular weight is 729 g/mol. The summed E-state index contributed by atoms with van der Waals surface area (Å²) in [4.78, 5) is 64.1. The van der Waals surface area contributed by atoms with Gasteiger partial charge in [0, 0.05) is 57.6 Å². The number of allylic oxidation sites excluding steroid dienone is 1. The zero-order valence-corrected chi connectivity index (χ0v) is 31.7. The zero-order chi connectivity index (χ0) is 38.3. The molecule has 1 N–H and O–H groups in total. The van der Waals surface area contributed by atoms with E-state index in [0.717, 1.165) is 24.3 Å². The van der Waals surface area contributed by atoms with Gasteiger partial charge in [0.05, 0.1) is 24.0 Å². The fraction of sp³-hybridized carbons (Fsp3) is 0.524. The smallest absolute Gasteiger partial charge is 0.313 e. The quantitative estimate of drug-likeness (QED) is 0.118. The molecule has 3 saturated heterocycles. The summed E-state index contributed by atoms with van der Waals surface area (Å²) in [6, 6.07) is 15.6. The standard InChI is InChI=1S/C42H56N4O7/c1-7-11-19-34(48)43(6)29(5)37(30-17-13-12-14-18-30)52-41(51)35-33-24-25-42(53-33)36(35)39(49)46(27-15-16-28-47)38(42)40(50)45(26-8-2)32-22-20-31(21-23-32)44(9-3)10-4/h7-8,12-14,17-18,20-23,29,33,35-38,47H,1-2,9-11,15-16,19,24-28H2,3-6H3/t29-,33+,35-,36-,37+,38+,42-/m1/s1. The van der Waals surface area contributed by atoms with E-state index in [9.17, 15) is 24.3 Å². The van der Waals surface area contributed by atoms with Gasteiger partial charge in [0.1, 0.15) is 17.7 Å². The van der Waals surface area contributed by atoms with Gasteiger partial charge < -0.3 is 34.2 Å². The minimum Gasteiger partial charge on any atom is -0.455 e. The number of hydrogen-bond donors (Lipinski definition) is 1. The lowest BCUT2D eigenvalue weighted by Gasteiger charge is -2.37. The Morgan fingerprint density at radius 2 is 1.72 bits per heavy atom. The number of hydrogen-bond acceptors (Lipinski definition) is 8. The number of aliphatic hydroxyl groups is 1. The summed E-state index contributed by atoms with van der Waals surface area (Å²) in [7, 11) is 1.70. The van der Waals surface area contributed by atoms with Crippen LogP contribution in [-0.2, 0) is 28.7 Å². The van der Waals surface area contributed by atoms with Crippen molar-refractivity contribution in [2.75, 3.05) is 49.6 Å². The minimum absolute atomic E-state index is 0.0478. The van der Waals surface area contributed by atoms with E-state index in [0.29, 0.717) is 37.8 Å². The molecule has 5 rings (SSSR count). The van der Waals surface area contributed by atoms with Crippen molar-refractivity contribution in [3.8, 4) is 0 Å². The average Bonchev–Trinajstić information content (AvgIpc) is 3.82. The van der Waals surface area contributed by atoms with Crippen molar-refractivity contribution < 1.29 is 33.8 Å². The summed E-state index contributed by atoms with van der Waals surface area (Å²) in [6.07, 6.45) is 4.61. The Morgan fingerprint density at radius 1 is 1.04 bits per heavy atom. The van der Waals surface area contributed by atoms with E-state index < -0.39 is 47.7 Å². The number of likely N-dealkylation sites (tertiary alicyclic amines) is 1. The Morgan fingerprint density at radius 3 is 2.34 bits per heavy atom. The molecule has 3 aliphatic heterocycles. The molecule has 0 aliphatic carbocycles. The highest BCUT2D eigenvalue weighted by Crippen LogP contribution is 2.59. The first-order chi connectivity index (χ1) is 25.6. The number of anilines is 2. The summed E-state index contributed by atoms with van der Waals surface area (Å²) in [5.41, 5.74) is 1.20. The third-order valence-electron chi connectivity index (χ3n) is 11.4. The molecule has 0 saturated carbocycles. The molecule has 11 nitrogen and oxygen atoms in total. The van der Waals surface area contributed by atoms with E-state index in [2.05, 4.69) is 31.9 Å². The molecule has 53 heavy (non-hydrogen) atoms. The van der Waals surface area contributed by atoms with Crippen LogP contribution in [0.5, 0.6) is 0 Å². The van der Waals surface area contributed by atoms with Crippen LogP contribution >= 0.6 is 0 Å². The normalized spacial score (nSPS) is 23.9. The lowest BCUT2D eigenvalue weighted by Crippen LogP contribution is -2.56. The van der Waals surface area contributed by atoms with Crippen LogP contribution in [0, 0.1) is 11.8 Å². The van der Waals surface area contributed by atoms with Gasteiger partial charge in [0.25, 0.3) is 5.91 Å². The van der Waals surface area contributed by atoms with Crippen LogP contribution in [-0.4, -0.2) is 102 Å². The second-order valence-electron chi connectivity index (χ2n) is 14.3. The molecule has 2 aromatic carbocycles. The number of aliphatic hydroxyl groups excluding tert-OH is 1. The Hall–Kier alpha value is -4.48. The van der Waals surface area contributed by atoms with Crippen molar-refractivity contribution in [3.05, 3.63) is 85.5 Å². The Labute approximate surface area is 314 Å². The van der Waals surface area contributed by atoms with E-state index in [-0.39, 0.29) is 43.8 Å². The van der Waals surface area contributed by atoms with Gasteiger partial charge in [-0.15, -0.1) is 13.2 Å². The second kappa shape index (κ2) is 17.6. The van der Waals surface area contributed by atoms with E-state index in [4.69, 9.17) is 9.47 Å². The molecule has 3 amide bonds. The van der Waals surface area contributed by atoms with Crippen LogP contribution in [0.2, 0.25) is 0 Å². The molecular weight excluding hydrogens is 672 g/mol. The van der Waals surface area contributed by atoms with Crippen molar-refractivity contribution in [2.24, 2.45) is 11.8 Å². The van der Waals surface area contributed by atoms with Crippen molar-refractivity contribution in [1.82, 2.24) is 9.80 Å². The van der Waals surface area contributed by atoms with Gasteiger partial charge >= 0.3 is 5.97 Å². The Kier molecular flexibility index (Phi) is 13.2. The molecule has 7 atom stereocenters. The first kappa shape index (κ1) is 39.7. The Balaban J connectivity index is 1.48. The number of likely N-dealkylation sites (N-methyl/N-ethyl adjacent to an activating group) is 1. The highest BCUT2D eigenvalue weighted by molar-refractivity contribution is 6.04. The molecule has 11 heteroatoms. The maximum Gasteiger partial charge on any atom is 0.313 e. The molecule has 286 valence electrons. The summed E-state index contributed by atoms with van der Waals surface area (Å²) in [6.45, 7) is 15.8. The summed E-state index contributed by atoms with van der Waals surface area (Å²) in [5.74, 6) is -3.16. The number of benzene rings is 2. The van der Waals surface area contributed by atoms with Gasteiger partial charge in [0.15, 0.2) is 0 Å². The molecule has 1 spiro atoms. The van der Waals surface area contributed by atoms with Crippen molar-refractivity contribution in [1.29, 1.82) is 0 Å². The number of esters is 1. The molecule has 2 aromatic rings. The summed E-state index contributed by atoms with van der Waals surface area (Å²) in [5, 5.41) is 9.60. The van der Waals surface area contributed by atoms with Crippen LogP contribution in [0.4, 0.5) is 11.4 Å². The van der Waals surface area contributed by atoms with E-state index >= 15 is 0 Å². The van der Waals surface area contributed by atoms with Gasteiger partial charge in [-0.05, 0) is 82.7 Å². The molecule has 0 aromatic heterocycles. The summed E-state index contributed by atoms with van der Waals surface area (Å²) >= 11 is 0. The number of carbonyl (C=O) groups excluding carboxylic acids is 4. The first-order valence-corrected chi connectivity index (χ1v) is 19.1. The number of unbranched alkanes of at least 4 members (excludes halogenated alkanes) is 1. The number of amides is 3. The third-order valence-corrected chi connectivity index (χ3v) is 11.4. The van der Waals surface area contributed by atoms with Crippen molar-refractivity contribution in [3.63, 3.8) is 0 Å². The monoisotopic (exact) mass is 728 g/mol. The van der Waals surface area contributed by atoms with Crippen LogP contribution in [0.3, 0.4) is 0 Å². The molecule has 3 heterocycles. The lowest BCUT2D eigenvalue weighted by molar-refractivity contribution is -0.164. The fourth-order valence-electron chi connectivity index (χ4n) is 8.49. The molecule has 2 bridgehead atoms. The number of nitrogens with zero attached hydrogens (tertiary/aromatic N) is 4. The third kappa shape index (κ3) is 7.78. The van der Waals surface area contributed by atoms with E-state index in [1.54, 1.807) is 33.9 Å². The maximum absolute atomic E-state index is 14.9. The van der Waals surface area contributed by atoms with Crippen LogP contribution < -0.4 is 9.80 Å². The summed E-state index contributed by atoms with van der Waals surface area (Å²) < 4.78 is 13.1.